The quantitative estimate of drug-likeness (QED) is 0.813. The molecule has 1 heterocycles. The van der Waals surface area contributed by atoms with Crippen molar-refractivity contribution in [2.24, 2.45) is 17.3 Å². The van der Waals surface area contributed by atoms with Crippen LogP contribution in [0.4, 0.5) is 0 Å². The summed E-state index contributed by atoms with van der Waals surface area (Å²) in [5, 5.41) is 3.86. The van der Waals surface area contributed by atoms with E-state index >= 15 is 0 Å². The lowest BCUT2D eigenvalue weighted by atomic mass is 9.68. The van der Waals surface area contributed by atoms with Gasteiger partial charge in [0.1, 0.15) is 0 Å². The second kappa shape index (κ2) is 7.08. The number of rotatable bonds is 5. The van der Waals surface area contributed by atoms with Gasteiger partial charge in [0, 0.05) is 12.6 Å². The molecule has 0 amide bonds. The topological polar surface area (TPSA) is 21.3 Å². The second-order valence-electron chi connectivity index (χ2n) is 7.46. The van der Waals surface area contributed by atoms with Crippen molar-refractivity contribution in [3.8, 4) is 0 Å². The van der Waals surface area contributed by atoms with Crippen molar-refractivity contribution in [3.05, 3.63) is 0 Å². The Morgan fingerprint density at radius 2 is 1.89 bits per heavy atom. The van der Waals surface area contributed by atoms with Gasteiger partial charge in [-0.1, -0.05) is 20.8 Å². The summed E-state index contributed by atoms with van der Waals surface area (Å²) in [5.74, 6) is 1.64. The van der Waals surface area contributed by atoms with Gasteiger partial charge in [-0.15, -0.1) is 0 Å². The number of hydrogen-bond donors (Lipinski definition) is 1. The number of hydrogen-bond acceptors (Lipinski definition) is 2. The van der Waals surface area contributed by atoms with Crippen molar-refractivity contribution < 1.29 is 4.74 Å². The SMILES string of the molecule is CCCNC(C1CCC(C)(C)CC1)C1CCCOC1. The van der Waals surface area contributed by atoms with Gasteiger partial charge in [-0.3, -0.25) is 0 Å². The van der Waals surface area contributed by atoms with E-state index in [0.29, 0.717) is 11.5 Å². The average Bonchev–Trinajstić information content (AvgIpc) is 2.42. The van der Waals surface area contributed by atoms with Crippen molar-refractivity contribution >= 4 is 0 Å². The summed E-state index contributed by atoms with van der Waals surface area (Å²) in [7, 11) is 0. The van der Waals surface area contributed by atoms with Crippen molar-refractivity contribution in [3.63, 3.8) is 0 Å². The molecular weight excluding hydrogens is 234 g/mol. The van der Waals surface area contributed by atoms with E-state index in [2.05, 4.69) is 26.1 Å². The van der Waals surface area contributed by atoms with Gasteiger partial charge >= 0.3 is 0 Å². The predicted molar refractivity (Wildman–Crippen MR) is 81.4 cm³/mol. The first kappa shape index (κ1) is 15.3. The van der Waals surface area contributed by atoms with E-state index in [1.165, 1.54) is 51.5 Å². The molecule has 1 N–H and O–H groups in total. The summed E-state index contributed by atoms with van der Waals surface area (Å²) in [5.41, 5.74) is 0.578. The van der Waals surface area contributed by atoms with Crippen molar-refractivity contribution in [1.82, 2.24) is 5.32 Å². The first-order valence-electron chi connectivity index (χ1n) is 8.43. The Kier molecular flexibility index (Phi) is 5.70. The molecular formula is C17H33NO. The largest absolute Gasteiger partial charge is 0.381 e. The van der Waals surface area contributed by atoms with Gasteiger partial charge in [-0.2, -0.15) is 0 Å². The van der Waals surface area contributed by atoms with Crippen LogP contribution in [0.15, 0.2) is 0 Å². The molecule has 2 heteroatoms. The van der Waals surface area contributed by atoms with E-state index in [4.69, 9.17) is 4.74 Å². The van der Waals surface area contributed by atoms with Crippen LogP contribution in [0.25, 0.3) is 0 Å². The molecule has 0 aromatic heterocycles. The van der Waals surface area contributed by atoms with Crippen LogP contribution < -0.4 is 5.32 Å². The normalized spacial score (nSPS) is 30.2. The van der Waals surface area contributed by atoms with E-state index in [-0.39, 0.29) is 0 Å². The molecule has 0 aromatic rings. The Morgan fingerprint density at radius 3 is 2.47 bits per heavy atom. The highest BCUT2D eigenvalue weighted by molar-refractivity contribution is 4.89. The zero-order chi connectivity index (χ0) is 13.7. The number of nitrogens with one attached hydrogen (secondary N) is 1. The Morgan fingerprint density at radius 1 is 1.16 bits per heavy atom. The molecule has 19 heavy (non-hydrogen) atoms. The van der Waals surface area contributed by atoms with E-state index in [0.717, 1.165) is 25.0 Å². The van der Waals surface area contributed by atoms with Crippen LogP contribution in [-0.2, 0) is 4.74 Å². The van der Waals surface area contributed by atoms with Crippen LogP contribution in [0, 0.1) is 17.3 Å². The van der Waals surface area contributed by atoms with Gasteiger partial charge in [-0.25, -0.2) is 0 Å². The molecule has 1 aliphatic heterocycles. The first-order valence-corrected chi connectivity index (χ1v) is 8.43. The molecule has 2 nitrogen and oxygen atoms in total. The minimum Gasteiger partial charge on any atom is -0.381 e. The minimum atomic E-state index is 0.578. The van der Waals surface area contributed by atoms with Gasteiger partial charge < -0.3 is 10.1 Å². The van der Waals surface area contributed by atoms with Crippen molar-refractivity contribution in [2.75, 3.05) is 19.8 Å². The highest BCUT2D eigenvalue weighted by atomic mass is 16.5. The third-order valence-electron chi connectivity index (χ3n) is 5.23. The lowest BCUT2D eigenvalue weighted by Gasteiger charge is -2.42. The molecule has 2 rings (SSSR count). The maximum atomic E-state index is 5.73. The van der Waals surface area contributed by atoms with Crippen molar-refractivity contribution in [1.29, 1.82) is 0 Å². The fourth-order valence-corrected chi connectivity index (χ4v) is 3.86. The smallest absolute Gasteiger partial charge is 0.0509 e. The predicted octanol–water partition coefficient (Wildman–Crippen LogP) is 4.00. The van der Waals surface area contributed by atoms with Crippen LogP contribution >= 0.6 is 0 Å². The molecule has 1 saturated heterocycles. The molecule has 2 aliphatic rings. The summed E-state index contributed by atoms with van der Waals surface area (Å²) in [6.45, 7) is 10.3. The van der Waals surface area contributed by atoms with Crippen LogP contribution in [0.5, 0.6) is 0 Å². The average molecular weight is 267 g/mol. The summed E-state index contributed by atoms with van der Waals surface area (Å²) in [6, 6.07) is 0.705. The second-order valence-corrected chi connectivity index (χ2v) is 7.46. The molecule has 2 atom stereocenters. The molecule has 112 valence electrons. The standard InChI is InChI=1S/C17H33NO/c1-4-11-18-16(15-6-5-12-19-13-15)14-7-9-17(2,3)10-8-14/h14-16,18H,4-13H2,1-3H3. The van der Waals surface area contributed by atoms with Gasteiger partial charge in [-0.05, 0) is 68.7 Å². The Balaban J connectivity index is 1.92. The summed E-state index contributed by atoms with van der Waals surface area (Å²) in [6.07, 6.45) is 9.47. The van der Waals surface area contributed by atoms with Crippen LogP contribution in [0.3, 0.4) is 0 Å². The fourth-order valence-electron chi connectivity index (χ4n) is 3.86. The lowest BCUT2D eigenvalue weighted by molar-refractivity contribution is 0.0192. The number of ether oxygens (including phenoxy) is 1. The maximum absolute atomic E-state index is 5.73. The molecule has 1 aliphatic carbocycles. The van der Waals surface area contributed by atoms with Gasteiger partial charge in [0.15, 0.2) is 0 Å². The molecule has 2 unspecified atom stereocenters. The lowest BCUT2D eigenvalue weighted by Crippen LogP contribution is -2.47. The Labute approximate surface area is 119 Å². The Hall–Kier alpha value is -0.0800. The summed E-state index contributed by atoms with van der Waals surface area (Å²) in [4.78, 5) is 0. The van der Waals surface area contributed by atoms with E-state index < -0.39 is 0 Å². The third-order valence-corrected chi connectivity index (χ3v) is 5.23. The van der Waals surface area contributed by atoms with Crippen LogP contribution in [0.2, 0.25) is 0 Å². The van der Waals surface area contributed by atoms with E-state index in [1.807, 2.05) is 0 Å². The molecule has 0 bridgehead atoms. The monoisotopic (exact) mass is 267 g/mol. The van der Waals surface area contributed by atoms with E-state index in [9.17, 15) is 0 Å². The van der Waals surface area contributed by atoms with E-state index in [1.54, 1.807) is 0 Å². The maximum Gasteiger partial charge on any atom is 0.0509 e. The zero-order valence-electron chi connectivity index (χ0n) is 13.2. The Bertz CT molecular complexity index is 248. The fraction of sp³-hybridized carbons (Fsp3) is 1.00. The van der Waals surface area contributed by atoms with Crippen molar-refractivity contribution in [2.45, 2.75) is 71.8 Å². The van der Waals surface area contributed by atoms with Gasteiger partial charge in [0.25, 0.3) is 0 Å². The zero-order valence-corrected chi connectivity index (χ0v) is 13.2. The highest BCUT2D eigenvalue weighted by Crippen LogP contribution is 2.41. The first-order chi connectivity index (χ1) is 9.12. The highest BCUT2D eigenvalue weighted by Gasteiger charge is 2.35. The van der Waals surface area contributed by atoms with Gasteiger partial charge in [0.05, 0.1) is 6.61 Å². The molecule has 0 spiro atoms. The third kappa shape index (κ3) is 4.46. The van der Waals surface area contributed by atoms with Crippen LogP contribution in [0.1, 0.15) is 65.7 Å². The molecule has 1 saturated carbocycles. The molecule has 2 fully saturated rings. The van der Waals surface area contributed by atoms with Gasteiger partial charge in [0.2, 0.25) is 0 Å². The molecule has 0 aromatic carbocycles. The summed E-state index contributed by atoms with van der Waals surface area (Å²) >= 11 is 0. The van der Waals surface area contributed by atoms with Crippen LogP contribution in [-0.4, -0.2) is 25.8 Å². The minimum absolute atomic E-state index is 0.578. The molecule has 0 radical (unpaired) electrons. The summed E-state index contributed by atoms with van der Waals surface area (Å²) < 4.78 is 5.73.